The lowest BCUT2D eigenvalue weighted by molar-refractivity contribution is 0.0791. The summed E-state index contributed by atoms with van der Waals surface area (Å²) in [4.78, 5) is 4.21. The van der Waals surface area contributed by atoms with Crippen molar-refractivity contribution in [2.24, 2.45) is 5.73 Å². The molecule has 0 aliphatic heterocycles. The third-order valence-corrected chi connectivity index (χ3v) is 4.45. The average Bonchev–Trinajstić information content (AvgIpc) is 2.80. The van der Waals surface area contributed by atoms with Crippen LogP contribution in [0, 0.1) is 0 Å². The lowest BCUT2D eigenvalue weighted by Crippen LogP contribution is -2.25. The molecule has 0 radical (unpaired) electrons. The lowest BCUT2D eigenvalue weighted by Gasteiger charge is -2.26. The molecule has 0 saturated carbocycles. The maximum Gasteiger partial charge on any atom is 0.117 e. The number of fused-ring (bicyclic) bond motifs is 2. The van der Waals surface area contributed by atoms with E-state index in [0.29, 0.717) is 6.42 Å². The fraction of sp³-hybridized carbons (Fsp3) is 0.167. The molecule has 0 saturated heterocycles. The Morgan fingerprint density at radius 3 is 2.76 bits per heavy atom. The van der Waals surface area contributed by atoms with Gasteiger partial charge in [-0.1, -0.05) is 42.5 Å². The fourth-order valence-electron chi connectivity index (χ4n) is 3.46. The van der Waals surface area contributed by atoms with Crippen LogP contribution in [0.3, 0.4) is 0 Å². The number of nitrogens with two attached hydrogens (primary N) is 1. The summed E-state index contributed by atoms with van der Waals surface area (Å²) in [6.07, 6.45) is 4.08. The number of pyridine rings is 1. The van der Waals surface area contributed by atoms with E-state index in [-0.39, 0.29) is 6.04 Å². The number of hydrogen-bond acceptors (Lipinski definition) is 3. The molecular weight excluding hydrogens is 260 g/mol. The second kappa shape index (κ2) is 4.38. The molecule has 0 bridgehead atoms. The van der Waals surface area contributed by atoms with Gasteiger partial charge in [-0.15, -0.1) is 0 Å². The predicted molar refractivity (Wildman–Crippen MR) is 82.7 cm³/mol. The van der Waals surface area contributed by atoms with E-state index in [1.807, 2.05) is 54.7 Å². The minimum Gasteiger partial charge on any atom is -0.380 e. The molecule has 1 aliphatic carbocycles. The highest BCUT2D eigenvalue weighted by Gasteiger charge is 2.42. The van der Waals surface area contributed by atoms with E-state index in [4.69, 9.17) is 5.73 Å². The van der Waals surface area contributed by atoms with E-state index in [1.165, 1.54) is 0 Å². The second-order valence-electron chi connectivity index (χ2n) is 5.66. The Hall–Kier alpha value is -2.23. The smallest absolute Gasteiger partial charge is 0.117 e. The normalized spacial score (nSPS) is 24.2. The van der Waals surface area contributed by atoms with Gasteiger partial charge in [-0.2, -0.15) is 0 Å². The monoisotopic (exact) mass is 276 g/mol. The third-order valence-electron chi connectivity index (χ3n) is 4.45. The van der Waals surface area contributed by atoms with Crippen LogP contribution in [0.2, 0.25) is 0 Å². The maximum absolute atomic E-state index is 11.4. The summed E-state index contributed by atoms with van der Waals surface area (Å²) in [5.74, 6) is 0. The van der Waals surface area contributed by atoms with Crippen LogP contribution >= 0.6 is 0 Å². The molecule has 3 N–H and O–H groups in total. The highest BCUT2D eigenvalue weighted by Crippen LogP contribution is 2.47. The zero-order chi connectivity index (χ0) is 14.4. The first-order chi connectivity index (χ1) is 10.2. The molecule has 2 unspecified atom stereocenters. The molecule has 0 fully saturated rings. The summed E-state index contributed by atoms with van der Waals surface area (Å²) in [5.41, 5.74) is 8.01. The van der Waals surface area contributed by atoms with Crippen molar-refractivity contribution in [3.8, 4) is 0 Å². The molecule has 104 valence electrons. The molecule has 3 heteroatoms. The van der Waals surface area contributed by atoms with Crippen LogP contribution in [-0.2, 0) is 5.60 Å². The SMILES string of the molecule is NC1CC(O)(c2cccc3ccncc23)c2ccccc21. The first-order valence-corrected chi connectivity index (χ1v) is 7.11. The highest BCUT2D eigenvalue weighted by atomic mass is 16.3. The van der Waals surface area contributed by atoms with Gasteiger partial charge in [-0.05, 0) is 28.1 Å². The Morgan fingerprint density at radius 1 is 1.05 bits per heavy atom. The number of aromatic nitrogens is 1. The van der Waals surface area contributed by atoms with Crippen LogP contribution in [0.4, 0.5) is 0 Å². The van der Waals surface area contributed by atoms with Gasteiger partial charge in [-0.25, -0.2) is 0 Å². The van der Waals surface area contributed by atoms with Crippen LogP contribution in [0.25, 0.3) is 10.8 Å². The van der Waals surface area contributed by atoms with Crippen molar-refractivity contribution in [3.63, 3.8) is 0 Å². The average molecular weight is 276 g/mol. The number of aliphatic hydroxyl groups is 1. The Morgan fingerprint density at radius 2 is 1.86 bits per heavy atom. The van der Waals surface area contributed by atoms with Crippen molar-refractivity contribution < 1.29 is 5.11 Å². The minimum atomic E-state index is -1.04. The lowest BCUT2D eigenvalue weighted by atomic mass is 9.85. The Kier molecular flexibility index (Phi) is 2.61. The summed E-state index contributed by atoms with van der Waals surface area (Å²) in [7, 11) is 0. The van der Waals surface area contributed by atoms with E-state index in [9.17, 15) is 5.11 Å². The van der Waals surface area contributed by atoms with Crippen molar-refractivity contribution in [1.82, 2.24) is 4.98 Å². The minimum absolute atomic E-state index is 0.141. The molecule has 3 aromatic rings. The highest BCUT2D eigenvalue weighted by molar-refractivity contribution is 5.86. The second-order valence-corrected chi connectivity index (χ2v) is 5.66. The molecule has 0 spiro atoms. The van der Waals surface area contributed by atoms with E-state index in [2.05, 4.69) is 4.98 Å². The summed E-state index contributed by atoms with van der Waals surface area (Å²) in [6, 6.07) is 15.7. The van der Waals surface area contributed by atoms with Gasteiger partial charge in [0.2, 0.25) is 0 Å². The van der Waals surface area contributed by atoms with Gasteiger partial charge < -0.3 is 10.8 Å². The summed E-state index contributed by atoms with van der Waals surface area (Å²) < 4.78 is 0. The van der Waals surface area contributed by atoms with Crippen molar-refractivity contribution in [2.45, 2.75) is 18.1 Å². The molecule has 1 aliphatic rings. The third kappa shape index (κ3) is 1.71. The Labute approximate surface area is 123 Å². The molecule has 2 atom stereocenters. The van der Waals surface area contributed by atoms with Crippen molar-refractivity contribution in [3.05, 3.63) is 77.6 Å². The van der Waals surface area contributed by atoms with Crippen LogP contribution in [0.15, 0.2) is 60.9 Å². The van der Waals surface area contributed by atoms with E-state index in [1.54, 1.807) is 6.20 Å². The van der Waals surface area contributed by atoms with Crippen molar-refractivity contribution in [2.75, 3.05) is 0 Å². The molecule has 2 aromatic carbocycles. The molecule has 4 rings (SSSR count). The zero-order valence-corrected chi connectivity index (χ0v) is 11.5. The number of rotatable bonds is 1. The number of benzene rings is 2. The van der Waals surface area contributed by atoms with E-state index >= 15 is 0 Å². The largest absolute Gasteiger partial charge is 0.380 e. The van der Waals surface area contributed by atoms with Crippen LogP contribution in [-0.4, -0.2) is 10.1 Å². The van der Waals surface area contributed by atoms with Crippen LogP contribution in [0.1, 0.15) is 29.2 Å². The van der Waals surface area contributed by atoms with Crippen molar-refractivity contribution >= 4 is 10.8 Å². The fourth-order valence-corrected chi connectivity index (χ4v) is 3.46. The summed E-state index contributed by atoms with van der Waals surface area (Å²) in [5, 5.41) is 13.4. The maximum atomic E-state index is 11.4. The molecule has 1 aromatic heterocycles. The van der Waals surface area contributed by atoms with Gasteiger partial charge in [0, 0.05) is 30.2 Å². The van der Waals surface area contributed by atoms with Gasteiger partial charge >= 0.3 is 0 Å². The van der Waals surface area contributed by atoms with Gasteiger partial charge in [0.05, 0.1) is 0 Å². The Balaban J connectivity index is 2.01. The quantitative estimate of drug-likeness (QED) is 0.718. The standard InChI is InChI=1S/C18H16N2O/c19-17-10-18(21,15-6-2-1-5-13(15)17)16-7-3-4-12-8-9-20-11-14(12)16/h1-9,11,17,21H,10,19H2. The number of nitrogens with zero attached hydrogens (tertiary/aromatic N) is 1. The molecule has 0 amide bonds. The van der Waals surface area contributed by atoms with Crippen LogP contribution in [0.5, 0.6) is 0 Å². The summed E-state index contributed by atoms with van der Waals surface area (Å²) in [6.45, 7) is 0. The van der Waals surface area contributed by atoms with Crippen molar-refractivity contribution in [1.29, 1.82) is 0 Å². The Bertz CT molecular complexity index is 825. The van der Waals surface area contributed by atoms with E-state index in [0.717, 1.165) is 27.5 Å². The molecule has 1 heterocycles. The predicted octanol–water partition coefficient (Wildman–Crippen LogP) is 2.87. The van der Waals surface area contributed by atoms with Crippen LogP contribution < -0.4 is 5.73 Å². The van der Waals surface area contributed by atoms with Gasteiger partial charge in [-0.3, -0.25) is 4.98 Å². The van der Waals surface area contributed by atoms with Gasteiger partial charge in [0.15, 0.2) is 0 Å². The molecule has 3 nitrogen and oxygen atoms in total. The molecule has 21 heavy (non-hydrogen) atoms. The van der Waals surface area contributed by atoms with Gasteiger partial charge in [0.1, 0.15) is 5.60 Å². The van der Waals surface area contributed by atoms with E-state index < -0.39 is 5.60 Å². The summed E-state index contributed by atoms with van der Waals surface area (Å²) >= 11 is 0. The first-order valence-electron chi connectivity index (χ1n) is 7.11. The first kappa shape index (κ1) is 12.5. The zero-order valence-electron chi connectivity index (χ0n) is 11.5. The van der Waals surface area contributed by atoms with Gasteiger partial charge in [0.25, 0.3) is 0 Å². The topological polar surface area (TPSA) is 59.1 Å². The molecular formula is C18H16N2O. The number of hydrogen-bond donors (Lipinski definition) is 2.